The van der Waals surface area contributed by atoms with E-state index >= 15 is 0 Å². The summed E-state index contributed by atoms with van der Waals surface area (Å²) >= 11 is 3.41. The molecule has 0 atom stereocenters. The van der Waals surface area contributed by atoms with Crippen LogP contribution in [0.2, 0.25) is 0 Å². The summed E-state index contributed by atoms with van der Waals surface area (Å²) in [6.07, 6.45) is 0. The molecule has 1 aliphatic rings. The number of hydrogen-bond acceptors (Lipinski definition) is 4. The maximum absolute atomic E-state index is 13.2. The third-order valence-corrected chi connectivity index (χ3v) is 5.34. The highest BCUT2D eigenvalue weighted by Gasteiger charge is 2.34. The Kier molecular flexibility index (Phi) is 4.91. The summed E-state index contributed by atoms with van der Waals surface area (Å²) < 4.78 is 0.815. The van der Waals surface area contributed by atoms with Crippen molar-refractivity contribution in [2.24, 2.45) is 0 Å². The average Bonchev–Trinajstić information content (AvgIpc) is 2.66. The molecule has 3 aromatic carbocycles. The molecule has 1 aliphatic heterocycles. The lowest BCUT2D eigenvalue weighted by Gasteiger charge is -2.28. The van der Waals surface area contributed by atoms with Gasteiger partial charge in [0.05, 0.1) is 5.69 Å². The van der Waals surface area contributed by atoms with Gasteiger partial charge in [0.25, 0.3) is 11.8 Å². The van der Waals surface area contributed by atoms with Crippen LogP contribution in [0.25, 0.3) is 10.8 Å². The number of amides is 2. The Hall–Kier alpha value is -2.70. The molecule has 2 amide bonds. The third kappa shape index (κ3) is 3.19. The molecular weight excluding hydrogens is 418 g/mol. The van der Waals surface area contributed by atoms with Crippen LogP contribution in [0.3, 0.4) is 0 Å². The second-order valence-corrected chi connectivity index (χ2v) is 7.96. The Morgan fingerprint density at radius 2 is 1.68 bits per heavy atom. The number of likely N-dealkylation sites (N-methyl/N-ethyl adjacent to an activating group) is 1. The fraction of sp³-hybridized carbons (Fsp3) is 0.182. The van der Waals surface area contributed by atoms with Crippen molar-refractivity contribution >= 4 is 49.9 Å². The molecule has 0 unspecified atom stereocenters. The molecule has 6 heteroatoms. The van der Waals surface area contributed by atoms with E-state index in [-0.39, 0.29) is 11.8 Å². The first-order valence-electron chi connectivity index (χ1n) is 9.06. The highest BCUT2D eigenvalue weighted by atomic mass is 79.9. The SMILES string of the molecule is CN(C)CCNc1ccc2c3c(cccc13)C(=O)N(c1cccc(Br)c1)C2=O. The van der Waals surface area contributed by atoms with Gasteiger partial charge >= 0.3 is 0 Å². The maximum Gasteiger partial charge on any atom is 0.265 e. The summed E-state index contributed by atoms with van der Waals surface area (Å²) in [4.78, 5) is 29.8. The molecule has 28 heavy (non-hydrogen) atoms. The van der Waals surface area contributed by atoms with Gasteiger partial charge in [0, 0.05) is 45.1 Å². The van der Waals surface area contributed by atoms with Gasteiger partial charge in [-0.2, -0.15) is 0 Å². The minimum absolute atomic E-state index is 0.299. The van der Waals surface area contributed by atoms with E-state index in [2.05, 4.69) is 26.1 Å². The van der Waals surface area contributed by atoms with Gasteiger partial charge < -0.3 is 10.2 Å². The number of nitrogens with one attached hydrogen (secondary N) is 1. The highest BCUT2D eigenvalue weighted by molar-refractivity contribution is 9.10. The van der Waals surface area contributed by atoms with Crippen molar-refractivity contribution in [3.8, 4) is 0 Å². The zero-order valence-electron chi connectivity index (χ0n) is 15.7. The lowest BCUT2D eigenvalue weighted by molar-refractivity contribution is 0.0893. The Morgan fingerprint density at radius 1 is 0.964 bits per heavy atom. The maximum atomic E-state index is 13.2. The molecule has 142 valence electrons. The van der Waals surface area contributed by atoms with Crippen LogP contribution in [0.15, 0.2) is 59.1 Å². The highest BCUT2D eigenvalue weighted by Crippen LogP contribution is 2.36. The van der Waals surface area contributed by atoms with Crippen LogP contribution in [0.1, 0.15) is 20.7 Å². The van der Waals surface area contributed by atoms with Gasteiger partial charge in [-0.25, -0.2) is 4.90 Å². The van der Waals surface area contributed by atoms with E-state index in [4.69, 9.17) is 0 Å². The van der Waals surface area contributed by atoms with Crippen molar-refractivity contribution in [3.63, 3.8) is 0 Å². The molecule has 0 spiro atoms. The number of carbonyl (C=O) groups excluding carboxylic acids is 2. The van der Waals surface area contributed by atoms with Crippen molar-refractivity contribution < 1.29 is 9.59 Å². The molecule has 0 aliphatic carbocycles. The Morgan fingerprint density at radius 3 is 2.39 bits per heavy atom. The normalized spacial score (nSPS) is 13.5. The lowest BCUT2D eigenvalue weighted by Crippen LogP contribution is -2.40. The first-order chi connectivity index (χ1) is 13.5. The first kappa shape index (κ1) is 18.7. The van der Waals surface area contributed by atoms with Crippen molar-refractivity contribution in [1.29, 1.82) is 0 Å². The van der Waals surface area contributed by atoms with Gasteiger partial charge in [0.1, 0.15) is 0 Å². The molecule has 0 bridgehead atoms. The molecule has 0 aromatic heterocycles. The molecule has 0 fully saturated rings. The summed E-state index contributed by atoms with van der Waals surface area (Å²) in [6.45, 7) is 1.66. The van der Waals surface area contributed by atoms with Gasteiger partial charge in [0.15, 0.2) is 0 Å². The quantitative estimate of drug-likeness (QED) is 0.601. The topological polar surface area (TPSA) is 52.7 Å². The molecule has 0 saturated heterocycles. The van der Waals surface area contributed by atoms with E-state index in [0.717, 1.165) is 34.0 Å². The fourth-order valence-electron chi connectivity index (χ4n) is 3.51. The summed E-state index contributed by atoms with van der Waals surface area (Å²) in [5.74, 6) is -0.599. The van der Waals surface area contributed by atoms with E-state index < -0.39 is 0 Å². The number of rotatable bonds is 5. The summed E-state index contributed by atoms with van der Waals surface area (Å²) in [7, 11) is 4.04. The van der Waals surface area contributed by atoms with Crippen LogP contribution < -0.4 is 10.2 Å². The number of carbonyl (C=O) groups is 2. The minimum atomic E-state index is -0.299. The third-order valence-electron chi connectivity index (χ3n) is 4.85. The van der Waals surface area contributed by atoms with Crippen LogP contribution >= 0.6 is 15.9 Å². The van der Waals surface area contributed by atoms with Gasteiger partial charge in [-0.05, 0) is 50.5 Å². The van der Waals surface area contributed by atoms with E-state index in [1.807, 2.05) is 50.5 Å². The van der Waals surface area contributed by atoms with Crippen LogP contribution in [-0.2, 0) is 0 Å². The Bertz CT molecular complexity index is 1070. The van der Waals surface area contributed by atoms with Crippen molar-refractivity contribution in [2.45, 2.75) is 0 Å². The van der Waals surface area contributed by atoms with Crippen LogP contribution in [0.4, 0.5) is 11.4 Å². The Balaban J connectivity index is 1.81. The molecule has 0 radical (unpaired) electrons. The average molecular weight is 438 g/mol. The molecule has 0 saturated carbocycles. The molecular formula is C22H20BrN3O2. The largest absolute Gasteiger partial charge is 0.383 e. The van der Waals surface area contributed by atoms with E-state index in [9.17, 15) is 9.59 Å². The van der Waals surface area contributed by atoms with Crippen LogP contribution in [-0.4, -0.2) is 43.9 Å². The standard InChI is InChI=1S/C22H20BrN3O2/c1-25(2)12-11-24-19-10-9-18-20-16(19)7-4-8-17(20)21(27)26(22(18)28)15-6-3-5-14(23)13-15/h3-10,13,24H,11-12H2,1-2H3. The fourth-order valence-corrected chi connectivity index (χ4v) is 3.90. The van der Waals surface area contributed by atoms with Crippen molar-refractivity contribution in [2.75, 3.05) is 37.4 Å². The monoisotopic (exact) mass is 437 g/mol. The van der Waals surface area contributed by atoms with Crippen LogP contribution in [0.5, 0.6) is 0 Å². The van der Waals surface area contributed by atoms with Gasteiger partial charge in [-0.1, -0.05) is 34.1 Å². The number of hydrogen-bond donors (Lipinski definition) is 1. The molecule has 5 nitrogen and oxygen atoms in total. The predicted molar refractivity (Wildman–Crippen MR) is 116 cm³/mol. The van der Waals surface area contributed by atoms with Crippen molar-refractivity contribution in [1.82, 2.24) is 4.90 Å². The zero-order chi connectivity index (χ0) is 19.8. The molecule has 4 rings (SSSR count). The Labute approximate surface area is 172 Å². The van der Waals surface area contributed by atoms with Gasteiger partial charge in [-0.15, -0.1) is 0 Å². The second kappa shape index (κ2) is 7.37. The van der Waals surface area contributed by atoms with E-state index in [1.54, 1.807) is 18.2 Å². The number of benzene rings is 3. The van der Waals surface area contributed by atoms with Crippen LogP contribution in [0, 0.1) is 0 Å². The summed E-state index contributed by atoms with van der Waals surface area (Å²) in [5.41, 5.74) is 2.57. The molecule has 1 N–H and O–H groups in total. The lowest BCUT2D eigenvalue weighted by atomic mass is 9.92. The minimum Gasteiger partial charge on any atom is -0.383 e. The number of halogens is 1. The molecule has 1 heterocycles. The smallest absolute Gasteiger partial charge is 0.265 e. The second-order valence-electron chi connectivity index (χ2n) is 7.04. The number of imide groups is 1. The first-order valence-corrected chi connectivity index (χ1v) is 9.85. The predicted octanol–water partition coefficient (Wildman–Crippen LogP) is 4.38. The molecule has 3 aromatic rings. The van der Waals surface area contributed by atoms with E-state index in [1.165, 1.54) is 4.90 Å². The van der Waals surface area contributed by atoms with Crippen molar-refractivity contribution in [3.05, 3.63) is 70.2 Å². The number of anilines is 2. The van der Waals surface area contributed by atoms with E-state index in [0.29, 0.717) is 16.8 Å². The number of nitrogens with zero attached hydrogens (tertiary/aromatic N) is 2. The van der Waals surface area contributed by atoms with Gasteiger partial charge in [-0.3, -0.25) is 9.59 Å². The summed E-state index contributed by atoms with van der Waals surface area (Å²) in [6, 6.07) is 16.6. The summed E-state index contributed by atoms with van der Waals surface area (Å²) in [5, 5.41) is 5.03. The zero-order valence-corrected chi connectivity index (χ0v) is 17.3. The van der Waals surface area contributed by atoms with Gasteiger partial charge in [0.2, 0.25) is 0 Å².